The fourth-order valence-corrected chi connectivity index (χ4v) is 1.82. The summed E-state index contributed by atoms with van der Waals surface area (Å²) in [7, 11) is 1.89. The van der Waals surface area contributed by atoms with Crippen molar-refractivity contribution in [2.24, 2.45) is 7.05 Å². The summed E-state index contributed by atoms with van der Waals surface area (Å²) in [6, 6.07) is 0. The van der Waals surface area contributed by atoms with Crippen molar-refractivity contribution < 1.29 is 0 Å². The summed E-state index contributed by atoms with van der Waals surface area (Å²) in [5, 5.41) is 0.185. The van der Waals surface area contributed by atoms with Crippen molar-refractivity contribution in [3.05, 3.63) is 17.7 Å². The van der Waals surface area contributed by atoms with E-state index in [2.05, 4.69) is 19.9 Å². The zero-order chi connectivity index (χ0) is 13.1. The first-order valence-electron chi connectivity index (χ1n) is 5.80. The van der Waals surface area contributed by atoms with E-state index in [4.69, 9.17) is 11.6 Å². The van der Waals surface area contributed by atoms with Crippen LogP contribution in [-0.2, 0) is 7.05 Å². The van der Waals surface area contributed by atoms with E-state index in [1.165, 1.54) is 0 Å². The largest absolute Gasteiger partial charge is 0.341 e. The third kappa shape index (κ3) is 2.43. The van der Waals surface area contributed by atoms with Gasteiger partial charge in [0.1, 0.15) is 0 Å². The first kappa shape index (κ1) is 12.8. The van der Waals surface area contributed by atoms with Crippen LogP contribution < -0.4 is 4.90 Å². The number of aromatic nitrogens is 5. The van der Waals surface area contributed by atoms with Crippen LogP contribution in [0.15, 0.2) is 12.4 Å². The number of anilines is 1. The highest BCUT2D eigenvalue weighted by Crippen LogP contribution is 2.17. The van der Waals surface area contributed by atoms with Crippen molar-refractivity contribution in [2.45, 2.75) is 13.8 Å². The van der Waals surface area contributed by atoms with Crippen LogP contribution in [0.25, 0.3) is 11.6 Å². The fourth-order valence-electron chi connectivity index (χ4n) is 1.67. The molecule has 6 nitrogen and oxygen atoms in total. The molecule has 0 unspecified atom stereocenters. The van der Waals surface area contributed by atoms with Gasteiger partial charge in [0.15, 0.2) is 5.82 Å². The summed E-state index contributed by atoms with van der Waals surface area (Å²) >= 11 is 5.95. The van der Waals surface area contributed by atoms with Crippen LogP contribution in [0.1, 0.15) is 13.8 Å². The Morgan fingerprint density at radius 3 is 2.50 bits per heavy atom. The Labute approximate surface area is 111 Å². The molecular formula is C11H15ClN6. The summed E-state index contributed by atoms with van der Waals surface area (Å²) in [5.41, 5.74) is 0. The van der Waals surface area contributed by atoms with E-state index in [1.807, 2.05) is 36.6 Å². The summed E-state index contributed by atoms with van der Waals surface area (Å²) < 4.78 is 1.84. The summed E-state index contributed by atoms with van der Waals surface area (Å²) in [6.07, 6.45) is 3.54. The van der Waals surface area contributed by atoms with Gasteiger partial charge in [-0.15, -0.1) is 0 Å². The minimum absolute atomic E-state index is 0.185. The first-order valence-corrected chi connectivity index (χ1v) is 6.17. The predicted octanol–water partition coefficient (Wildman–Crippen LogP) is 1.77. The molecule has 0 spiro atoms. The molecule has 0 bridgehead atoms. The van der Waals surface area contributed by atoms with Crippen molar-refractivity contribution in [3.8, 4) is 11.6 Å². The Morgan fingerprint density at radius 1 is 1.22 bits per heavy atom. The molecule has 0 aromatic carbocycles. The van der Waals surface area contributed by atoms with Gasteiger partial charge >= 0.3 is 0 Å². The highest BCUT2D eigenvalue weighted by atomic mass is 35.5. The maximum absolute atomic E-state index is 5.95. The standard InChI is InChI=1S/C11H15ClN6/c1-4-18(5-2)11-15-8(14-10(12)16-11)9-13-6-7-17(9)3/h6-7H,4-5H2,1-3H3. The number of hydrogen-bond donors (Lipinski definition) is 0. The molecule has 0 aliphatic carbocycles. The molecule has 7 heteroatoms. The van der Waals surface area contributed by atoms with Gasteiger partial charge in [0.05, 0.1) is 0 Å². The van der Waals surface area contributed by atoms with Gasteiger partial charge in [-0.1, -0.05) is 0 Å². The average Bonchev–Trinajstić information content (AvgIpc) is 2.76. The van der Waals surface area contributed by atoms with Gasteiger partial charge in [0, 0.05) is 32.5 Å². The molecule has 0 aliphatic heterocycles. The molecule has 0 N–H and O–H groups in total. The van der Waals surface area contributed by atoms with Crippen molar-refractivity contribution >= 4 is 17.5 Å². The quantitative estimate of drug-likeness (QED) is 0.844. The molecule has 2 aromatic rings. The van der Waals surface area contributed by atoms with Crippen LogP contribution in [-0.4, -0.2) is 37.6 Å². The van der Waals surface area contributed by atoms with E-state index < -0.39 is 0 Å². The molecule has 0 radical (unpaired) electrons. The molecule has 0 saturated carbocycles. The van der Waals surface area contributed by atoms with Gasteiger partial charge < -0.3 is 9.47 Å². The topological polar surface area (TPSA) is 59.7 Å². The number of imidazole rings is 1. The van der Waals surface area contributed by atoms with Gasteiger partial charge in [0.2, 0.25) is 17.1 Å². The van der Waals surface area contributed by atoms with Gasteiger partial charge in [-0.2, -0.15) is 15.0 Å². The molecule has 0 atom stereocenters. The molecule has 0 fully saturated rings. The average molecular weight is 267 g/mol. The SMILES string of the molecule is CCN(CC)c1nc(Cl)nc(-c2nccn2C)n1. The zero-order valence-electron chi connectivity index (χ0n) is 10.6. The maximum atomic E-state index is 5.95. The Bertz CT molecular complexity index is 534. The predicted molar refractivity (Wildman–Crippen MR) is 70.6 cm³/mol. The molecule has 18 heavy (non-hydrogen) atoms. The maximum Gasteiger partial charge on any atom is 0.230 e. The monoisotopic (exact) mass is 266 g/mol. The van der Waals surface area contributed by atoms with E-state index in [0.29, 0.717) is 17.6 Å². The van der Waals surface area contributed by atoms with Crippen molar-refractivity contribution in [2.75, 3.05) is 18.0 Å². The molecule has 96 valence electrons. The molecule has 2 rings (SSSR count). The van der Waals surface area contributed by atoms with Gasteiger partial charge in [-0.25, -0.2) is 4.98 Å². The van der Waals surface area contributed by atoms with Gasteiger partial charge in [-0.05, 0) is 25.4 Å². The lowest BCUT2D eigenvalue weighted by Gasteiger charge is -2.18. The fraction of sp³-hybridized carbons (Fsp3) is 0.455. The normalized spacial score (nSPS) is 10.7. The first-order chi connectivity index (χ1) is 8.65. The smallest absolute Gasteiger partial charge is 0.230 e. The Morgan fingerprint density at radius 2 is 1.94 bits per heavy atom. The Hall–Kier alpha value is -1.69. The summed E-state index contributed by atoms with van der Waals surface area (Å²) in [5.74, 6) is 1.75. The van der Waals surface area contributed by atoms with Crippen LogP contribution in [0.4, 0.5) is 5.95 Å². The minimum atomic E-state index is 0.185. The lowest BCUT2D eigenvalue weighted by molar-refractivity contribution is 0.807. The molecule has 2 heterocycles. The molecule has 0 aliphatic rings. The number of halogens is 1. The third-order valence-corrected chi connectivity index (χ3v) is 2.83. The lowest BCUT2D eigenvalue weighted by atomic mass is 10.5. The molecule has 2 aromatic heterocycles. The number of hydrogen-bond acceptors (Lipinski definition) is 5. The van der Waals surface area contributed by atoms with Crippen LogP contribution in [0, 0.1) is 0 Å². The van der Waals surface area contributed by atoms with E-state index in [0.717, 1.165) is 13.1 Å². The number of nitrogens with zero attached hydrogens (tertiary/aromatic N) is 6. The summed E-state index contributed by atoms with van der Waals surface area (Å²) in [4.78, 5) is 18.9. The van der Waals surface area contributed by atoms with E-state index in [1.54, 1.807) is 6.20 Å². The van der Waals surface area contributed by atoms with E-state index in [-0.39, 0.29) is 5.28 Å². The van der Waals surface area contributed by atoms with Crippen molar-refractivity contribution in [3.63, 3.8) is 0 Å². The minimum Gasteiger partial charge on any atom is -0.341 e. The second-order valence-corrected chi connectivity index (χ2v) is 4.10. The zero-order valence-corrected chi connectivity index (χ0v) is 11.4. The Balaban J connectivity index is 2.47. The second kappa shape index (κ2) is 5.30. The van der Waals surface area contributed by atoms with Crippen LogP contribution in [0.2, 0.25) is 5.28 Å². The second-order valence-electron chi connectivity index (χ2n) is 3.76. The third-order valence-electron chi connectivity index (χ3n) is 2.66. The van der Waals surface area contributed by atoms with Crippen molar-refractivity contribution in [1.82, 2.24) is 24.5 Å². The molecular weight excluding hydrogens is 252 g/mol. The van der Waals surface area contributed by atoms with E-state index >= 15 is 0 Å². The highest BCUT2D eigenvalue weighted by molar-refractivity contribution is 6.28. The summed E-state index contributed by atoms with van der Waals surface area (Å²) in [6.45, 7) is 5.72. The van der Waals surface area contributed by atoms with Gasteiger partial charge in [-0.3, -0.25) is 0 Å². The number of rotatable bonds is 4. The Kier molecular flexibility index (Phi) is 3.76. The van der Waals surface area contributed by atoms with Crippen LogP contribution >= 0.6 is 11.6 Å². The van der Waals surface area contributed by atoms with Crippen LogP contribution in [0.3, 0.4) is 0 Å². The van der Waals surface area contributed by atoms with E-state index in [9.17, 15) is 0 Å². The van der Waals surface area contributed by atoms with Gasteiger partial charge in [0.25, 0.3) is 0 Å². The lowest BCUT2D eigenvalue weighted by Crippen LogP contribution is -2.24. The van der Waals surface area contributed by atoms with Crippen molar-refractivity contribution in [1.29, 1.82) is 0 Å². The molecule has 0 amide bonds. The highest BCUT2D eigenvalue weighted by Gasteiger charge is 2.13. The van der Waals surface area contributed by atoms with Crippen LogP contribution in [0.5, 0.6) is 0 Å². The number of aryl methyl sites for hydroxylation is 1. The molecule has 0 saturated heterocycles.